The van der Waals surface area contributed by atoms with Gasteiger partial charge in [0.05, 0.1) is 16.3 Å². The summed E-state index contributed by atoms with van der Waals surface area (Å²) in [5.74, 6) is 0.222. The average molecular weight is 275 g/mol. The minimum atomic E-state index is 0.0205. The molecule has 1 aliphatic rings. The van der Waals surface area contributed by atoms with E-state index < -0.39 is 0 Å². The third kappa shape index (κ3) is 2.12. The quantitative estimate of drug-likeness (QED) is 0.863. The molecule has 2 aromatic rings. The molecule has 3 rings (SSSR count). The average Bonchev–Trinajstić information content (AvgIpc) is 2.93. The van der Waals surface area contributed by atoms with Gasteiger partial charge >= 0.3 is 0 Å². The topological polar surface area (TPSA) is 38.1 Å². The van der Waals surface area contributed by atoms with Crippen LogP contribution in [0.5, 0.6) is 0 Å². The minimum absolute atomic E-state index is 0.0205. The molecule has 100 valence electrons. The predicted molar refractivity (Wildman–Crippen MR) is 77.3 cm³/mol. The number of hydrogen-bond donors (Lipinski definition) is 0. The van der Waals surface area contributed by atoms with Gasteiger partial charge in [-0.25, -0.2) is 4.98 Å². The van der Waals surface area contributed by atoms with Gasteiger partial charge in [0.15, 0.2) is 5.16 Å². The third-order valence-electron chi connectivity index (χ3n) is 3.56. The molecule has 1 aromatic heterocycles. The number of carbonyl (C=O) groups is 1. The normalized spacial score (nSPS) is 19.6. The highest BCUT2D eigenvalue weighted by Gasteiger charge is 2.31. The van der Waals surface area contributed by atoms with E-state index in [1.54, 1.807) is 16.7 Å². The Balaban J connectivity index is 1.94. The molecule has 0 saturated carbocycles. The number of benzene rings is 1. The van der Waals surface area contributed by atoms with Gasteiger partial charge in [-0.1, -0.05) is 23.9 Å². The first-order chi connectivity index (χ1) is 9.20. The van der Waals surface area contributed by atoms with Crippen LogP contribution in [-0.2, 0) is 11.3 Å². The Morgan fingerprint density at radius 3 is 2.89 bits per heavy atom. The Kier molecular flexibility index (Phi) is 3.22. The summed E-state index contributed by atoms with van der Waals surface area (Å²) in [5.41, 5.74) is 2.15. The Morgan fingerprint density at radius 2 is 2.21 bits per heavy atom. The Hall–Kier alpha value is -1.49. The van der Waals surface area contributed by atoms with E-state index in [4.69, 9.17) is 0 Å². The summed E-state index contributed by atoms with van der Waals surface area (Å²) >= 11 is 1.60. The largest absolute Gasteiger partial charge is 0.345 e. The van der Waals surface area contributed by atoms with Crippen molar-refractivity contribution < 1.29 is 4.79 Å². The van der Waals surface area contributed by atoms with Crippen molar-refractivity contribution in [2.24, 2.45) is 0 Å². The lowest BCUT2D eigenvalue weighted by atomic mass is 10.3. The number of likely N-dealkylation sites (tertiary alicyclic amines) is 1. The number of aryl methyl sites for hydroxylation is 1. The Morgan fingerprint density at radius 1 is 1.42 bits per heavy atom. The molecule has 1 aromatic carbocycles. The van der Waals surface area contributed by atoms with Gasteiger partial charge < -0.3 is 9.47 Å². The van der Waals surface area contributed by atoms with E-state index in [-0.39, 0.29) is 11.2 Å². The van der Waals surface area contributed by atoms with Crippen LogP contribution in [0.1, 0.15) is 13.3 Å². The smallest absolute Gasteiger partial charge is 0.235 e. The number of nitrogens with zero attached hydrogens (tertiary/aromatic N) is 3. The van der Waals surface area contributed by atoms with Crippen molar-refractivity contribution in [1.29, 1.82) is 0 Å². The van der Waals surface area contributed by atoms with Gasteiger partial charge in [0, 0.05) is 20.1 Å². The maximum Gasteiger partial charge on any atom is 0.235 e. The summed E-state index contributed by atoms with van der Waals surface area (Å²) in [6, 6.07) is 8.13. The summed E-state index contributed by atoms with van der Waals surface area (Å²) in [6.45, 7) is 3.84. The molecular weight excluding hydrogens is 258 g/mol. The maximum atomic E-state index is 12.0. The zero-order valence-corrected chi connectivity index (χ0v) is 12.0. The molecule has 0 radical (unpaired) electrons. The van der Waals surface area contributed by atoms with Crippen molar-refractivity contribution in [3.8, 4) is 0 Å². The fourth-order valence-corrected chi connectivity index (χ4v) is 3.74. The number of amides is 1. The minimum Gasteiger partial charge on any atom is -0.345 e. The first kappa shape index (κ1) is 12.5. The van der Waals surface area contributed by atoms with E-state index >= 15 is 0 Å². The molecule has 0 N–H and O–H groups in total. The lowest BCUT2D eigenvalue weighted by Crippen LogP contribution is -2.24. The second-order valence-electron chi connectivity index (χ2n) is 4.78. The highest BCUT2D eigenvalue weighted by molar-refractivity contribution is 8.00. The lowest BCUT2D eigenvalue weighted by Gasteiger charge is -2.10. The molecule has 1 saturated heterocycles. The molecule has 1 amide bonds. The third-order valence-corrected chi connectivity index (χ3v) is 4.81. The monoisotopic (exact) mass is 275 g/mol. The first-order valence-corrected chi connectivity index (χ1v) is 7.45. The second kappa shape index (κ2) is 4.89. The molecule has 0 bridgehead atoms. The van der Waals surface area contributed by atoms with Crippen molar-refractivity contribution in [1.82, 2.24) is 14.5 Å². The van der Waals surface area contributed by atoms with Gasteiger partial charge in [-0.05, 0) is 25.5 Å². The second-order valence-corrected chi connectivity index (χ2v) is 5.95. The molecule has 4 nitrogen and oxygen atoms in total. The predicted octanol–water partition coefficient (Wildman–Crippen LogP) is 2.38. The van der Waals surface area contributed by atoms with Crippen molar-refractivity contribution in [3.05, 3.63) is 24.3 Å². The molecule has 5 heteroatoms. The highest BCUT2D eigenvalue weighted by atomic mass is 32.2. The van der Waals surface area contributed by atoms with Gasteiger partial charge in [0.1, 0.15) is 0 Å². The molecule has 19 heavy (non-hydrogen) atoms. The molecule has 0 spiro atoms. The number of hydrogen-bond acceptors (Lipinski definition) is 3. The number of para-hydroxylation sites is 2. The van der Waals surface area contributed by atoms with Crippen molar-refractivity contribution in [2.45, 2.75) is 30.3 Å². The number of imidazole rings is 1. The van der Waals surface area contributed by atoms with Crippen molar-refractivity contribution >= 4 is 28.7 Å². The van der Waals surface area contributed by atoms with E-state index in [9.17, 15) is 4.79 Å². The summed E-state index contributed by atoms with van der Waals surface area (Å²) in [4.78, 5) is 18.5. The number of carbonyl (C=O) groups excluding carboxylic acids is 1. The molecule has 1 aliphatic heterocycles. The fourth-order valence-electron chi connectivity index (χ4n) is 2.48. The van der Waals surface area contributed by atoms with E-state index in [1.165, 1.54) is 0 Å². The van der Waals surface area contributed by atoms with E-state index in [0.29, 0.717) is 0 Å². The van der Waals surface area contributed by atoms with Crippen LogP contribution < -0.4 is 0 Å². The number of aromatic nitrogens is 2. The number of thioether (sulfide) groups is 1. The van der Waals surface area contributed by atoms with E-state index in [0.717, 1.165) is 35.7 Å². The standard InChI is InChI=1S/C14H17N3OS/c1-3-17-11-7-5-4-6-10(11)15-14(17)19-12-8-9-16(2)13(12)18/h4-7,12H,3,8-9H2,1-2H3. The van der Waals surface area contributed by atoms with Crippen LogP contribution in [0.25, 0.3) is 11.0 Å². The Bertz CT molecular complexity index is 622. The van der Waals surface area contributed by atoms with E-state index in [1.807, 2.05) is 25.2 Å². The summed E-state index contributed by atoms with van der Waals surface area (Å²) < 4.78 is 2.19. The summed E-state index contributed by atoms with van der Waals surface area (Å²) in [7, 11) is 1.87. The highest BCUT2D eigenvalue weighted by Crippen LogP contribution is 2.31. The van der Waals surface area contributed by atoms with Crippen LogP contribution in [-0.4, -0.2) is 39.2 Å². The van der Waals surface area contributed by atoms with Gasteiger partial charge in [-0.3, -0.25) is 4.79 Å². The zero-order valence-electron chi connectivity index (χ0n) is 11.2. The molecular formula is C14H17N3OS. The summed E-state index contributed by atoms with van der Waals surface area (Å²) in [6.07, 6.45) is 0.910. The Labute approximate surface area is 116 Å². The van der Waals surface area contributed by atoms with E-state index in [2.05, 4.69) is 22.5 Å². The van der Waals surface area contributed by atoms with Crippen LogP contribution in [0.4, 0.5) is 0 Å². The van der Waals surface area contributed by atoms with Crippen molar-refractivity contribution in [3.63, 3.8) is 0 Å². The van der Waals surface area contributed by atoms with Crippen LogP contribution in [0, 0.1) is 0 Å². The molecule has 1 fully saturated rings. The van der Waals surface area contributed by atoms with Crippen LogP contribution >= 0.6 is 11.8 Å². The first-order valence-electron chi connectivity index (χ1n) is 6.57. The molecule has 1 unspecified atom stereocenters. The number of rotatable bonds is 3. The van der Waals surface area contributed by atoms with Crippen molar-refractivity contribution in [2.75, 3.05) is 13.6 Å². The summed E-state index contributed by atoms with van der Waals surface area (Å²) in [5, 5.41) is 0.976. The fraction of sp³-hybridized carbons (Fsp3) is 0.429. The lowest BCUT2D eigenvalue weighted by molar-refractivity contribution is -0.126. The number of fused-ring (bicyclic) bond motifs is 1. The SMILES string of the molecule is CCn1c(SC2CCN(C)C2=O)nc2ccccc21. The molecule has 0 aliphatic carbocycles. The van der Waals surface area contributed by atoms with Gasteiger partial charge in [0.2, 0.25) is 5.91 Å². The van der Waals surface area contributed by atoms with Crippen LogP contribution in [0.15, 0.2) is 29.4 Å². The van der Waals surface area contributed by atoms with Crippen LogP contribution in [0.3, 0.4) is 0 Å². The van der Waals surface area contributed by atoms with Crippen LogP contribution in [0.2, 0.25) is 0 Å². The van der Waals surface area contributed by atoms with Gasteiger partial charge in [-0.15, -0.1) is 0 Å². The van der Waals surface area contributed by atoms with Gasteiger partial charge in [0.25, 0.3) is 0 Å². The maximum absolute atomic E-state index is 12.0. The zero-order chi connectivity index (χ0) is 13.4. The molecule has 1 atom stereocenters. The van der Waals surface area contributed by atoms with Gasteiger partial charge in [-0.2, -0.15) is 0 Å². The molecule has 2 heterocycles.